The smallest absolute Gasteiger partial charge is 0.0372 e. The van der Waals surface area contributed by atoms with Gasteiger partial charge in [-0.05, 0) is 5.54 Å². The molecule has 0 aromatic rings. The van der Waals surface area contributed by atoms with Gasteiger partial charge in [0.15, 0.2) is 0 Å². The highest BCUT2D eigenvalue weighted by Crippen LogP contribution is 2.39. The molecule has 1 heterocycles. The molecule has 0 aromatic heterocycles. The molecule has 0 amide bonds. The normalized spacial score (nSPS) is 31.5. The SMILES string of the molecule is C1CC([Si]2CC[Si]2)C1. The van der Waals surface area contributed by atoms with Gasteiger partial charge in [0.25, 0.3) is 0 Å². The second-order valence-electron chi connectivity index (χ2n) is 2.83. The molecule has 3 radical (unpaired) electrons. The first-order chi connectivity index (χ1) is 3.97. The van der Waals surface area contributed by atoms with Crippen molar-refractivity contribution in [3.05, 3.63) is 0 Å². The Morgan fingerprint density at radius 3 is 2.25 bits per heavy atom. The molecule has 0 aromatic carbocycles. The zero-order valence-electron chi connectivity index (χ0n) is 5.11. The van der Waals surface area contributed by atoms with E-state index >= 15 is 0 Å². The molecule has 1 saturated carbocycles. The van der Waals surface area contributed by atoms with Crippen molar-refractivity contribution < 1.29 is 0 Å². The molecule has 0 N–H and O–H groups in total. The summed E-state index contributed by atoms with van der Waals surface area (Å²) >= 11 is 0. The van der Waals surface area contributed by atoms with E-state index in [4.69, 9.17) is 0 Å². The van der Waals surface area contributed by atoms with Gasteiger partial charge in [0.05, 0.1) is 0 Å². The van der Waals surface area contributed by atoms with E-state index in [0.29, 0.717) is 8.31 Å². The summed E-state index contributed by atoms with van der Waals surface area (Å²) in [4.78, 5) is 0. The highest BCUT2D eigenvalue weighted by molar-refractivity contribution is 7.17. The van der Waals surface area contributed by atoms with Gasteiger partial charge in [0.2, 0.25) is 0 Å². The fourth-order valence-corrected chi connectivity index (χ4v) is 7.06. The van der Waals surface area contributed by atoms with Crippen LogP contribution in [0.5, 0.6) is 0 Å². The van der Waals surface area contributed by atoms with Crippen LogP contribution in [0.4, 0.5) is 0 Å². The molecule has 0 spiro atoms. The quantitative estimate of drug-likeness (QED) is 0.485. The molecule has 0 bridgehead atoms. The first kappa shape index (κ1) is 5.24. The third-order valence-corrected chi connectivity index (χ3v) is 10.2. The van der Waals surface area contributed by atoms with Gasteiger partial charge < -0.3 is 0 Å². The predicted octanol–water partition coefficient (Wildman–Crippen LogP) is 1.67. The Bertz CT molecular complexity index is 72.5. The molecule has 1 saturated heterocycles. The lowest BCUT2D eigenvalue weighted by Gasteiger charge is -2.37. The van der Waals surface area contributed by atoms with E-state index in [1.165, 1.54) is 14.6 Å². The maximum atomic E-state index is 1.67. The second kappa shape index (κ2) is 1.99. The topological polar surface area (TPSA) is 0 Å². The van der Waals surface area contributed by atoms with E-state index in [0.717, 1.165) is 0 Å². The van der Waals surface area contributed by atoms with E-state index in [2.05, 4.69) is 0 Å². The Labute approximate surface area is 54.9 Å². The molecule has 2 rings (SSSR count). The highest BCUT2D eigenvalue weighted by atomic mass is 29.2. The van der Waals surface area contributed by atoms with Crippen LogP contribution < -0.4 is 0 Å². The van der Waals surface area contributed by atoms with Crippen molar-refractivity contribution in [3.8, 4) is 0 Å². The standard InChI is InChI=1S/C6H11Si2/c1-2-6(3-1)8-5-4-7-8/h6H,1-5H2. The summed E-state index contributed by atoms with van der Waals surface area (Å²) < 4.78 is 0. The van der Waals surface area contributed by atoms with Gasteiger partial charge in [-0.2, -0.15) is 0 Å². The summed E-state index contributed by atoms with van der Waals surface area (Å²) in [5.74, 6) is 0. The Kier molecular flexibility index (Phi) is 1.30. The van der Waals surface area contributed by atoms with Crippen molar-refractivity contribution in [2.75, 3.05) is 0 Å². The lowest BCUT2D eigenvalue weighted by atomic mass is 10.00. The van der Waals surface area contributed by atoms with Crippen LogP contribution >= 0.6 is 0 Å². The van der Waals surface area contributed by atoms with Crippen LogP contribution in [0.3, 0.4) is 0 Å². The van der Waals surface area contributed by atoms with Gasteiger partial charge in [-0.1, -0.05) is 31.4 Å². The molecule has 8 heavy (non-hydrogen) atoms. The monoisotopic (exact) mass is 139 g/mol. The summed E-state index contributed by atoms with van der Waals surface area (Å²) in [5.41, 5.74) is 1.30. The Morgan fingerprint density at radius 2 is 2.12 bits per heavy atom. The molecule has 0 atom stereocenters. The fourth-order valence-electron chi connectivity index (χ4n) is 1.37. The lowest BCUT2D eigenvalue weighted by molar-refractivity contribution is 0.494. The van der Waals surface area contributed by atoms with E-state index < -0.39 is 0 Å². The molecule has 0 unspecified atom stereocenters. The molecule has 2 aliphatic rings. The van der Waals surface area contributed by atoms with E-state index in [-0.39, 0.29) is 0 Å². The molecule has 1 aliphatic heterocycles. The minimum Gasteiger partial charge on any atom is -0.0663 e. The van der Waals surface area contributed by atoms with Crippen molar-refractivity contribution in [1.82, 2.24) is 0 Å². The van der Waals surface area contributed by atoms with E-state index in [1.807, 2.05) is 0 Å². The van der Waals surface area contributed by atoms with E-state index in [1.54, 1.807) is 31.4 Å². The zero-order valence-corrected chi connectivity index (χ0v) is 7.11. The Hall–Kier alpha value is 0.434. The molecule has 43 valence electrons. The third kappa shape index (κ3) is 0.703. The Morgan fingerprint density at radius 1 is 1.38 bits per heavy atom. The van der Waals surface area contributed by atoms with Crippen LogP contribution in [0.15, 0.2) is 0 Å². The van der Waals surface area contributed by atoms with Crippen molar-refractivity contribution in [2.24, 2.45) is 0 Å². The maximum absolute atomic E-state index is 1.67. The molecule has 2 fully saturated rings. The van der Waals surface area contributed by atoms with Gasteiger partial charge >= 0.3 is 0 Å². The van der Waals surface area contributed by atoms with Crippen LogP contribution in [-0.2, 0) is 0 Å². The van der Waals surface area contributed by atoms with Crippen LogP contribution in [-0.4, -0.2) is 17.4 Å². The van der Waals surface area contributed by atoms with Gasteiger partial charge in [-0.25, -0.2) is 0 Å². The average molecular weight is 139 g/mol. The van der Waals surface area contributed by atoms with Crippen molar-refractivity contribution >= 4 is 17.4 Å². The number of rotatable bonds is 1. The third-order valence-electron chi connectivity index (χ3n) is 2.34. The Balaban J connectivity index is 1.79. The minimum atomic E-state index is 0.338. The summed E-state index contributed by atoms with van der Waals surface area (Å²) in [5, 5.41) is 0. The fraction of sp³-hybridized carbons (Fsp3) is 1.00. The summed E-state index contributed by atoms with van der Waals surface area (Å²) in [6.45, 7) is 0. The van der Waals surface area contributed by atoms with Crippen molar-refractivity contribution in [3.63, 3.8) is 0 Å². The summed E-state index contributed by atoms with van der Waals surface area (Å²) in [6.07, 6.45) is 4.78. The highest BCUT2D eigenvalue weighted by Gasteiger charge is 2.32. The van der Waals surface area contributed by atoms with Gasteiger partial charge in [0.1, 0.15) is 0 Å². The lowest BCUT2D eigenvalue weighted by Crippen LogP contribution is -2.39. The first-order valence-corrected chi connectivity index (χ1v) is 7.55. The predicted molar refractivity (Wildman–Crippen MR) is 38.7 cm³/mol. The van der Waals surface area contributed by atoms with E-state index in [9.17, 15) is 0 Å². The van der Waals surface area contributed by atoms with Crippen molar-refractivity contribution in [1.29, 1.82) is 0 Å². The first-order valence-electron chi connectivity index (χ1n) is 3.56. The molecular formula is C6H11Si2. The van der Waals surface area contributed by atoms with Crippen molar-refractivity contribution in [2.45, 2.75) is 36.9 Å². The van der Waals surface area contributed by atoms with Gasteiger partial charge in [0, 0.05) is 17.4 Å². The molecule has 1 aliphatic carbocycles. The number of hydrogen-bond donors (Lipinski definition) is 0. The maximum Gasteiger partial charge on any atom is 0.0372 e. The van der Waals surface area contributed by atoms with Gasteiger partial charge in [-0.3, -0.25) is 0 Å². The van der Waals surface area contributed by atoms with Crippen LogP contribution in [0, 0.1) is 0 Å². The average Bonchev–Trinajstić information content (AvgIpc) is 1.47. The van der Waals surface area contributed by atoms with Crippen LogP contribution in [0.1, 0.15) is 19.3 Å². The molecular weight excluding hydrogens is 128 g/mol. The zero-order chi connectivity index (χ0) is 5.40. The molecule has 0 nitrogen and oxygen atoms in total. The molecule has 2 heteroatoms. The number of hydrogen-bond acceptors (Lipinski definition) is 0. The van der Waals surface area contributed by atoms with Crippen LogP contribution in [0.25, 0.3) is 0 Å². The minimum absolute atomic E-state index is 0.338. The summed E-state index contributed by atoms with van der Waals surface area (Å²) in [7, 11) is 1.79. The van der Waals surface area contributed by atoms with Crippen LogP contribution in [0.2, 0.25) is 17.6 Å². The van der Waals surface area contributed by atoms with Gasteiger partial charge in [-0.15, -0.1) is 0 Å². The largest absolute Gasteiger partial charge is 0.0663 e. The summed E-state index contributed by atoms with van der Waals surface area (Å²) in [6, 6.07) is 3.28. The second-order valence-corrected chi connectivity index (χ2v) is 9.04.